The molecule has 8 heteroatoms. The van der Waals surface area contributed by atoms with E-state index in [0.29, 0.717) is 16.2 Å². The quantitative estimate of drug-likeness (QED) is 0.767. The van der Waals surface area contributed by atoms with Crippen LogP contribution in [0.1, 0.15) is 5.56 Å². The summed E-state index contributed by atoms with van der Waals surface area (Å²) < 4.78 is 33.1. The molecule has 2 aromatic carbocycles. The number of thioether (sulfide) groups is 1. The van der Waals surface area contributed by atoms with Crippen molar-refractivity contribution in [3.05, 3.63) is 64.6 Å². The van der Waals surface area contributed by atoms with E-state index in [-0.39, 0.29) is 22.8 Å². The predicted octanol–water partition coefficient (Wildman–Crippen LogP) is 2.98. The third kappa shape index (κ3) is 3.45. The van der Waals surface area contributed by atoms with Gasteiger partial charge in [0.15, 0.2) is 0 Å². The highest BCUT2D eigenvalue weighted by atomic mass is 32.2. The molecule has 0 aromatic heterocycles. The van der Waals surface area contributed by atoms with E-state index in [4.69, 9.17) is 9.84 Å². The molecule has 0 saturated carbocycles. The maximum Gasteiger partial charge on any atom is 0.272 e. The van der Waals surface area contributed by atoms with Crippen molar-refractivity contribution in [2.75, 3.05) is 24.4 Å². The standard InChI is InChI=1S/C19H15F2NO4S/c1-26-15-5-3-2-4-12(15)16-17(27-9-8-23)19(25)22(18(16)24)14-10-11(20)6-7-13(14)21/h2-7,10,23H,8-9H2,1H3. The fourth-order valence-corrected chi connectivity index (χ4v) is 3.61. The highest BCUT2D eigenvalue weighted by Gasteiger charge is 2.42. The van der Waals surface area contributed by atoms with Crippen LogP contribution in [0.15, 0.2) is 47.4 Å². The van der Waals surface area contributed by atoms with Gasteiger partial charge in [0.25, 0.3) is 11.8 Å². The Morgan fingerprint density at radius 1 is 1.11 bits per heavy atom. The molecule has 1 N–H and O–H groups in total. The number of anilines is 1. The van der Waals surface area contributed by atoms with Gasteiger partial charge in [-0.1, -0.05) is 18.2 Å². The summed E-state index contributed by atoms with van der Waals surface area (Å²) in [6.07, 6.45) is 0. The molecule has 0 spiro atoms. The molecule has 5 nitrogen and oxygen atoms in total. The zero-order chi connectivity index (χ0) is 19.6. The summed E-state index contributed by atoms with van der Waals surface area (Å²) in [4.78, 5) is 26.6. The number of carbonyl (C=O) groups is 2. The maximum atomic E-state index is 14.2. The topological polar surface area (TPSA) is 66.8 Å². The van der Waals surface area contributed by atoms with E-state index in [1.165, 1.54) is 7.11 Å². The Bertz CT molecular complexity index is 945. The van der Waals surface area contributed by atoms with Crippen molar-refractivity contribution in [3.8, 4) is 5.75 Å². The van der Waals surface area contributed by atoms with Crippen molar-refractivity contribution in [2.45, 2.75) is 0 Å². The first kappa shape index (κ1) is 19.1. The summed E-state index contributed by atoms with van der Waals surface area (Å²) in [5.41, 5.74) is -0.0744. The van der Waals surface area contributed by atoms with Crippen LogP contribution in [-0.4, -0.2) is 36.4 Å². The minimum atomic E-state index is -0.897. The van der Waals surface area contributed by atoms with E-state index in [1.54, 1.807) is 24.3 Å². The normalized spacial score (nSPS) is 14.3. The van der Waals surface area contributed by atoms with Crippen LogP contribution < -0.4 is 9.64 Å². The summed E-state index contributed by atoms with van der Waals surface area (Å²) in [6, 6.07) is 9.15. The number of aliphatic hydroxyl groups excluding tert-OH is 1. The summed E-state index contributed by atoms with van der Waals surface area (Å²) in [7, 11) is 1.42. The van der Waals surface area contributed by atoms with Crippen molar-refractivity contribution in [1.29, 1.82) is 0 Å². The van der Waals surface area contributed by atoms with Gasteiger partial charge in [-0.05, 0) is 18.2 Å². The summed E-state index contributed by atoms with van der Waals surface area (Å²) in [6.45, 7) is -0.219. The number of imide groups is 1. The first-order chi connectivity index (χ1) is 13.0. The predicted molar refractivity (Wildman–Crippen MR) is 98.3 cm³/mol. The molecule has 0 aliphatic carbocycles. The molecule has 0 saturated heterocycles. The molecule has 1 aliphatic rings. The third-order valence-electron chi connectivity index (χ3n) is 3.90. The number of halogens is 2. The number of nitrogens with zero attached hydrogens (tertiary/aromatic N) is 1. The molecule has 27 heavy (non-hydrogen) atoms. The van der Waals surface area contributed by atoms with Crippen molar-refractivity contribution in [2.24, 2.45) is 0 Å². The molecular formula is C19H15F2NO4S. The Morgan fingerprint density at radius 3 is 2.56 bits per heavy atom. The Balaban J connectivity index is 2.16. The second-order valence-electron chi connectivity index (χ2n) is 5.52. The second kappa shape index (κ2) is 7.89. The van der Waals surface area contributed by atoms with Gasteiger partial charge in [-0.15, -0.1) is 11.8 Å². The molecule has 2 amide bonds. The van der Waals surface area contributed by atoms with Crippen LogP contribution in [-0.2, 0) is 9.59 Å². The molecule has 0 radical (unpaired) electrons. The number of hydrogen-bond acceptors (Lipinski definition) is 5. The van der Waals surface area contributed by atoms with Crippen LogP contribution in [0, 0.1) is 11.6 Å². The molecular weight excluding hydrogens is 376 g/mol. The maximum absolute atomic E-state index is 14.2. The molecule has 2 aromatic rings. The number of amides is 2. The van der Waals surface area contributed by atoms with Crippen LogP contribution >= 0.6 is 11.8 Å². The van der Waals surface area contributed by atoms with Crippen molar-refractivity contribution < 1.29 is 28.2 Å². The Kier molecular flexibility index (Phi) is 5.57. The molecule has 0 atom stereocenters. The lowest BCUT2D eigenvalue weighted by Gasteiger charge is -2.16. The molecule has 140 valence electrons. The molecule has 0 unspecified atom stereocenters. The lowest BCUT2D eigenvalue weighted by Crippen LogP contribution is -2.32. The lowest BCUT2D eigenvalue weighted by molar-refractivity contribution is -0.119. The van der Waals surface area contributed by atoms with Crippen LogP contribution in [0.5, 0.6) is 5.75 Å². The average Bonchev–Trinajstić information content (AvgIpc) is 2.91. The number of aliphatic hydroxyl groups is 1. The number of rotatable bonds is 6. The monoisotopic (exact) mass is 391 g/mol. The van der Waals surface area contributed by atoms with Gasteiger partial charge in [0.2, 0.25) is 0 Å². The van der Waals surface area contributed by atoms with Gasteiger partial charge in [-0.2, -0.15) is 0 Å². The summed E-state index contributed by atoms with van der Waals surface area (Å²) in [5.74, 6) is -2.71. The SMILES string of the molecule is COc1ccccc1C1=C(SCCO)C(=O)N(c2cc(F)ccc2F)C1=O. The van der Waals surface area contributed by atoms with Crippen LogP contribution in [0.4, 0.5) is 14.5 Å². The highest BCUT2D eigenvalue weighted by Crippen LogP contribution is 2.41. The first-order valence-electron chi connectivity index (χ1n) is 7.94. The van der Waals surface area contributed by atoms with Gasteiger partial charge in [0, 0.05) is 17.4 Å². The van der Waals surface area contributed by atoms with Crippen molar-refractivity contribution >= 4 is 34.8 Å². The number of benzene rings is 2. The largest absolute Gasteiger partial charge is 0.496 e. The zero-order valence-electron chi connectivity index (χ0n) is 14.2. The van der Waals surface area contributed by atoms with Gasteiger partial charge in [0.05, 0.1) is 29.9 Å². The van der Waals surface area contributed by atoms with E-state index < -0.39 is 29.1 Å². The van der Waals surface area contributed by atoms with Gasteiger partial charge in [0.1, 0.15) is 17.4 Å². The van der Waals surface area contributed by atoms with Crippen LogP contribution in [0.25, 0.3) is 5.57 Å². The van der Waals surface area contributed by atoms with Gasteiger partial charge in [-0.25, -0.2) is 13.7 Å². The lowest BCUT2D eigenvalue weighted by atomic mass is 10.0. The van der Waals surface area contributed by atoms with E-state index in [0.717, 1.165) is 30.0 Å². The van der Waals surface area contributed by atoms with Crippen molar-refractivity contribution in [3.63, 3.8) is 0 Å². The Hall–Kier alpha value is -2.71. The smallest absolute Gasteiger partial charge is 0.272 e. The number of ether oxygens (including phenoxy) is 1. The van der Waals surface area contributed by atoms with Crippen molar-refractivity contribution in [1.82, 2.24) is 0 Å². The Morgan fingerprint density at radius 2 is 1.85 bits per heavy atom. The fraction of sp³-hybridized carbons (Fsp3) is 0.158. The van der Waals surface area contributed by atoms with E-state index in [2.05, 4.69) is 0 Å². The molecule has 1 heterocycles. The second-order valence-corrected chi connectivity index (χ2v) is 6.62. The summed E-state index contributed by atoms with van der Waals surface area (Å²) >= 11 is 0.972. The van der Waals surface area contributed by atoms with Gasteiger partial charge < -0.3 is 9.84 Å². The Labute approximate surface area is 158 Å². The minimum absolute atomic E-state index is 0.0274. The number of methoxy groups -OCH3 is 1. The third-order valence-corrected chi connectivity index (χ3v) is 4.96. The van der Waals surface area contributed by atoms with E-state index >= 15 is 0 Å². The molecule has 0 bridgehead atoms. The average molecular weight is 391 g/mol. The minimum Gasteiger partial charge on any atom is -0.496 e. The summed E-state index contributed by atoms with van der Waals surface area (Å²) in [5, 5.41) is 9.11. The van der Waals surface area contributed by atoms with E-state index in [1.807, 2.05) is 0 Å². The van der Waals surface area contributed by atoms with Gasteiger partial charge in [-0.3, -0.25) is 9.59 Å². The molecule has 1 aliphatic heterocycles. The molecule has 3 rings (SSSR count). The number of carbonyl (C=O) groups excluding carboxylic acids is 2. The van der Waals surface area contributed by atoms with E-state index in [9.17, 15) is 18.4 Å². The van der Waals surface area contributed by atoms with Crippen LogP contribution in [0.2, 0.25) is 0 Å². The molecule has 0 fully saturated rings. The zero-order valence-corrected chi connectivity index (χ0v) is 15.1. The van der Waals surface area contributed by atoms with Crippen LogP contribution in [0.3, 0.4) is 0 Å². The highest BCUT2D eigenvalue weighted by molar-refractivity contribution is 8.04. The number of hydrogen-bond donors (Lipinski definition) is 1. The first-order valence-corrected chi connectivity index (χ1v) is 8.93. The van der Waals surface area contributed by atoms with Gasteiger partial charge >= 0.3 is 0 Å². The number of para-hydroxylation sites is 1. The fourth-order valence-electron chi connectivity index (χ4n) is 2.76.